The van der Waals surface area contributed by atoms with Gasteiger partial charge in [-0.2, -0.15) is 5.10 Å². The number of carbonyl (C=O) groups excluding carboxylic acids is 1. The number of nitrogens with zero attached hydrogens (tertiary/aromatic N) is 4. The van der Waals surface area contributed by atoms with Crippen molar-refractivity contribution in [2.75, 3.05) is 11.4 Å². The third-order valence-corrected chi connectivity index (χ3v) is 6.34. The molecule has 5 rings (SSSR count). The van der Waals surface area contributed by atoms with Gasteiger partial charge >= 0.3 is 0 Å². The average molecular weight is 468 g/mol. The molecule has 0 atom stereocenters. The Morgan fingerprint density at radius 2 is 1.74 bits per heavy atom. The van der Waals surface area contributed by atoms with E-state index >= 15 is 0 Å². The minimum Gasteiger partial charge on any atom is -0.352 e. The molecule has 3 heterocycles. The highest BCUT2D eigenvalue weighted by molar-refractivity contribution is 6.04. The molecular formula is C28H29N5O2. The van der Waals surface area contributed by atoms with Gasteiger partial charge in [0.15, 0.2) is 5.69 Å². The first kappa shape index (κ1) is 22.8. The van der Waals surface area contributed by atoms with Crippen molar-refractivity contribution in [2.24, 2.45) is 5.92 Å². The highest BCUT2D eigenvalue weighted by Gasteiger charge is 2.18. The molecule has 0 unspecified atom stereocenters. The SMILES string of the molecule is CC(C)Cn1nc(C(=O)NCc2ccc(N3CCc4ccccc4C3)nc2)c2ccccc2c1=O. The molecule has 0 radical (unpaired) electrons. The number of rotatable bonds is 6. The van der Waals surface area contributed by atoms with Crippen molar-refractivity contribution < 1.29 is 4.79 Å². The average Bonchev–Trinajstić information content (AvgIpc) is 2.88. The number of anilines is 1. The van der Waals surface area contributed by atoms with Crippen molar-refractivity contribution in [1.29, 1.82) is 0 Å². The second-order valence-corrected chi connectivity index (χ2v) is 9.42. The van der Waals surface area contributed by atoms with Gasteiger partial charge in [-0.25, -0.2) is 9.67 Å². The van der Waals surface area contributed by atoms with Crippen LogP contribution in [0.4, 0.5) is 5.82 Å². The van der Waals surface area contributed by atoms with Crippen LogP contribution in [0.2, 0.25) is 0 Å². The van der Waals surface area contributed by atoms with Crippen molar-refractivity contribution in [2.45, 2.75) is 39.9 Å². The zero-order chi connectivity index (χ0) is 24.4. The lowest BCUT2D eigenvalue weighted by atomic mass is 10.00. The summed E-state index contributed by atoms with van der Waals surface area (Å²) in [5, 5.41) is 8.43. The Bertz CT molecular complexity index is 1430. The quantitative estimate of drug-likeness (QED) is 0.465. The summed E-state index contributed by atoms with van der Waals surface area (Å²) in [6.45, 7) is 6.60. The smallest absolute Gasteiger partial charge is 0.274 e. The highest BCUT2D eigenvalue weighted by Crippen LogP contribution is 2.23. The largest absolute Gasteiger partial charge is 0.352 e. The number of fused-ring (bicyclic) bond motifs is 2. The summed E-state index contributed by atoms with van der Waals surface area (Å²) in [6.07, 6.45) is 2.82. The Balaban J connectivity index is 1.30. The summed E-state index contributed by atoms with van der Waals surface area (Å²) in [5.74, 6) is 0.855. The molecule has 0 saturated heterocycles. The van der Waals surface area contributed by atoms with Crippen LogP contribution in [0, 0.1) is 5.92 Å². The molecule has 0 bridgehead atoms. The van der Waals surface area contributed by atoms with E-state index in [0.29, 0.717) is 23.9 Å². The number of aromatic nitrogens is 3. The molecule has 0 aliphatic carbocycles. The molecule has 1 aliphatic rings. The van der Waals surface area contributed by atoms with Crippen molar-refractivity contribution in [1.82, 2.24) is 20.1 Å². The first-order valence-corrected chi connectivity index (χ1v) is 12.0. The Morgan fingerprint density at radius 3 is 2.49 bits per heavy atom. The topological polar surface area (TPSA) is 80.1 Å². The Kier molecular flexibility index (Phi) is 6.31. The van der Waals surface area contributed by atoms with Crippen LogP contribution in [0.15, 0.2) is 71.7 Å². The van der Waals surface area contributed by atoms with Crippen LogP contribution >= 0.6 is 0 Å². The molecule has 178 valence electrons. The Labute approximate surface area is 204 Å². The number of pyridine rings is 1. The first-order valence-electron chi connectivity index (χ1n) is 12.0. The molecule has 7 heteroatoms. The number of carbonyl (C=O) groups is 1. The molecule has 35 heavy (non-hydrogen) atoms. The van der Waals surface area contributed by atoms with Gasteiger partial charge in [0.2, 0.25) is 0 Å². The van der Waals surface area contributed by atoms with Gasteiger partial charge in [0, 0.05) is 37.8 Å². The van der Waals surface area contributed by atoms with E-state index in [1.807, 2.05) is 32.0 Å². The van der Waals surface area contributed by atoms with E-state index in [0.717, 1.165) is 30.9 Å². The lowest BCUT2D eigenvalue weighted by molar-refractivity contribution is 0.0945. The molecule has 0 spiro atoms. The molecule has 7 nitrogen and oxygen atoms in total. The molecule has 2 aromatic carbocycles. The fourth-order valence-corrected chi connectivity index (χ4v) is 4.54. The molecular weight excluding hydrogens is 438 g/mol. The summed E-state index contributed by atoms with van der Waals surface area (Å²) < 4.78 is 1.40. The predicted molar refractivity (Wildman–Crippen MR) is 137 cm³/mol. The molecule has 0 saturated carbocycles. The number of hydrogen-bond acceptors (Lipinski definition) is 5. The van der Waals surface area contributed by atoms with E-state index in [1.165, 1.54) is 15.8 Å². The lowest BCUT2D eigenvalue weighted by Gasteiger charge is -2.29. The standard InChI is InChI=1S/C28H29N5O2/c1-19(2)17-33-28(35)24-10-6-5-9-23(24)26(31-33)27(34)30-16-20-11-12-25(29-15-20)32-14-13-21-7-3-4-8-22(21)18-32/h3-12,15,19H,13-14,16-18H2,1-2H3,(H,30,34). The molecule has 1 amide bonds. The van der Waals surface area contributed by atoms with Crippen LogP contribution in [0.25, 0.3) is 10.8 Å². The van der Waals surface area contributed by atoms with Gasteiger partial charge in [-0.05, 0) is 41.2 Å². The maximum Gasteiger partial charge on any atom is 0.274 e. The minimum atomic E-state index is -0.310. The van der Waals surface area contributed by atoms with Gasteiger partial charge < -0.3 is 10.2 Å². The second kappa shape index (κ2) is 9.70. The van der Waals surface area contributed by atoms with Crippen molar-refractivity contribution in [3.8, 4) is 0 Å². The highest BCUT2D eigenvalue weighted by atomic mass is 16.2. The van der Waals surface area contributed by atoms with Crippen LogP contribution in [-0.4, -0.2) is 27.2 Å². The fourth-order valence-electron chi connectivity index (χ4n) is 4.54. The molecule has 4 aromatic rings. The van der Waals surface area contributed by atoms with Crippen molar-refractivity contribution in [3.63, 3.8) is 0 Å². The predicted octanol–water partition coefficient (Wildman–Crippen LogP) is 3.94. The summed E-state index contributed by atoms with van der Waals surface area (Å²) in [4.78, 5) is 32.8. The van der Waals surface area contributed by atoms with Crippen molar-refractivity contribution in [3.05, 3.63) is 99.6 Å². The van der Waals surface area contributed by atoms with Gasteiger partial charge in [-0.15, -0.1) is 0 Å². The summed E-state index contributed by atoms with van der Waals surface area (Å²) in [7, 11) is 0. The van der Waals surface area contributed by atoms with E-state index in [2.05, 4.69) is 44.6 Å². The summed E-state index contributed by atoms with van der Waals surface area (Å²) in [5.41, 5.74) is 3.74. The second-order valence-electron chi connectivity index (χ2n) is 9.42. The summed E-state index contributed by atoms with van der Waals surface area (Å²) >= 11 is 0. The zero-order valence-corrected chi connectivity index (χ0v) is 20.1. The van der Waals surface area contributed by atoms with E-state index in [9.17, 15) is 9.59 Å². The van der Waals surface area contributed by atoms with Gasteiger partial charge in [-0.1, -0.05) is 62.4 Å². The number of nitrogens with one attached hydrogen (secondary N) is 1. The van der Waals surface area contributed by atoms with Gasteiger partial charge in [0.25, 0.3) is 11.5 Å². The van der Waals surface area contributed by atoms with Crippen LogP contribution in [0.1, 0.15) is 41.0 Å². The number of hydrogen-bond donors (Lipinski definition) is 1. The van der Waals surface area contributed by atoms with Crippen LogP contribution in [-0.2, 0) is 26.1 Å². The molecule has 2 aromatic heterocycles. The Hall–Kier alpha value is -4.00. The van der Waals surface area contributed by atoms with Gasteiger partial charge in [0.05, 0.1) is 5.39 Å². The van der Waals surface area contributed by atoms with Crippen LogP contribution in [0.5, 0.6) is 0 Å². The maximum atomic E-state index is 13.1. The monoisotopic (exact) mass is 467 g/mol. The third kappa shape index (κ3) is 4.80. The van der Waals surface area contributed by atoms with E-state index < -0.39 is 0 Å². The fraction of sp³-hybridized carbons (Fsp3) is 0.286. The first-order chi connectivity index (χ1) is 17.0. The normalized spacial score (nSPS) is 13.2. The molecule has 1 N–H and O–H groups in total. The number of amides is 1. The third-order valence-electron chi connectivity index (χ3n) is 6.34. The van der Waals surface area contributed by atoms with E-state index in [1.54, 1.807) is 24.4 Å². The van der Waals surface area contributed by atoms with E-state index in [4.69, 9.17) is 0 Å². The van der Waals surface area contributed by atoms with Crippen LogP contribution in [0.3, 0.4) is 0 Å². The minimum absolute atomic E-state index is 0.175. The number of benzene rings is 2. The van der Waals surface area contributed by atoms with Gasteiger partial charge in [0.1, 0.15) is 5.82 Å². The van der Waals surface area contributed by atoms with Crippen molar-refractivity contribution >= 4 is 22.5 Å². The van der Waals surface area contributed by atoms with E-state index in [-0.39, 0.29) is 23.1 Å². The summed E-state index contributed by atoms with van der Waals surface area (Å²) in [6, 6.07) is 19.7. The lowest BCUT2D eigenvalue weighted by Crippen LogP contribution is -2.32. The Morgan fingerprint density at radius 1 is 1.00 bits per heavy atom. The molecule has 1 aliphatic heterocycles. The van der Waals surface area contributed by atoms with Gasteiger partial charge in [-0.3, -0.25) is 9.59 Å². The van der Waals surface area contributed by atoms with Crippen LogP contribution < -0.4 is 15.8 Å². The maximum absolute atomic E-state index is 13.1. The zero-order valence-electron chi connectivity index (χ0n) is 20.1. The molecule has 0 fully saturated rings.